The summed E-state index contributed by atoms with van der Waals surface area (Å²) in [4.78, 5) is 12.5. The van der Waals surface area contributed by atoms with Crippen molar-refractivity contribution in [1.29, 1.82) is 0 Å². The van der Waals surface area contributed by atoms with Crippen molar-refractivity contribution in [3.63, 3.8) is 0 Å². The number of rotatable bonds is 9. The molecule has 152 valence electrons. The van der Waals surface area contributed by atoms with Gasteiger partial charge in [0.2, 0.25) is 0 Å². The standard InChI is InChI=1S/C24H21ClN2O3/c1-2-15-29-20-13-11-18(12-14-20)16-26-27-24(28)21-8-4-6-10-23(21)30-17-19-7-3-5-9-22(19)25/h2-14,16H,1,15,17H2,(H,27,28)/b26-16+. The third-order valence-corrected chi connectivity index (χ3v) is 4.47. The Bertz CT molecular complexity index is 1030. The number of amides is 1. The highest BCUT2D eigenvalue weighted by Crippen LogP contribution is 2.22. The number of benzene rings is 3. The molecule has 30 heavy (non-hydrogen) atoms. The number of hydrogen-bond donors (Lipinski definition) is 1. The Morgan fingerprint density at radius 1 is 1.00 bits per heavy atom. The summed E-state index contributed by atoms with van der Waals surface area (Å²) in [5.41, 5.74) is 4.57. The summed E-state index contributed by atoms with van der Waals surface area (Å²) in [6.07, 6.45) is 3.24. The maximum absolute atomic E-state index is 12.5. The number of hydrazone groups is 1. The quantitative estimate of drug-likeness (QED) is 0.292. The van der Waals surface area contributed by atoms with Gasteiger partial charge in [0.15, 0.2) is 0 Å². The molecule has 0 saturated heterocycles. The lowest BCUT2D eigenvalue weighted by Crippen LogP contribution is -2.18. The molecule has 0 atom stereocenters. The van der Waals surface area contributed by atoms with Crippen molar-refractivity contribution in [2.75, 3.05) is 6.61 Å². The van der Waals surface area contributed by atoms with Gasteiger partial charge in [0.1, 0.15) is 24.7 Å². The van der Waals surface area contributed by atoms with Crippen molar-refractivity contribution in [3.8, 4) is 11.5 Å². The van der Waals surface area contributed by atoms with Crippen LogP contribution in [0.25, 0.3) is 0 Å². The first-order valence-electron chi connectivity index (χ1n) is 9.30. The molecule has 3 rings (SSSR count). The van der Waals surface area contributed by atoms with Crippen LogP contribution in [0.1, 0.15) is 21.5 Å². The van der Waals surface area contributed by atoms with Crippen LogP contribution in [-0.2, 0) is 6.61 Å². The zero-order valence-corrected chi connectivity index (χ0v) is 17.0. The number of halogens is 1. The molecule has 3 aromatic carbocycles. The molecule has 0 radical (unpaired) electrons. The van der Waals surface area contributed by atoms with Gasteiger partial charge in [-0.1, -0.05) is 54.6 Å². The van der Waals surface area contributed by atoms with E-state index in [1.54, 1.807) is 42.6 Å². The summed E-state index contributed by atoms with van der Waals surface area (Å²) in [6.45, 7) is 4.31. The highest BCUT2D eigenvalue weighted by molar-refractivity contribution is 6.31. The second kappa shape index (κ2) is 10.8. The first-order chi connectivity index (χ1) is 14.7. The van der Waals surface area contributed by atoms with Gasteiger partial charge in [0.05, 0.1) is 11.8 Å². The predicted octanol–water partition coefficient (Wildman–Crippen LogP) is 5.25. The van der Waals surface area contributed by atoms with Gasteiger partial charge in [0.25, 0.3) is 5.91 Å². The second-order valence-electron chi connectivity index (χ2n) is 6.24. The molecular formula is C24H21ClN2O3. The average Bonchev–Trinajstić information content (AvgIpc) is 2.78. The largest absolute Gasteiger partial charge is 0.490 e. The number of para-hydroxylation sites is 1. The first-order valence-corrected chi connectivity index (χ1v) is 9.67. The molecule has 0 aliphatic rings. The van der Waals surface area contributed by atoms with Crippen molar-refractivity contribution in [1.82, 2.24) is 5.43 Å². The molecule has 0 bridgehead atoms. The molecule has 1 N–H and O–H groups in total. The first kappa shape index (κ1) is 21.1. The van der Waals surface area contributed by atoms with E-state index in [1.807, 2.05) is 42.5 Å². The lowest BCUT2D eigenvalue weighted by Gasteiger charge is -2.11. The van der Waals surface area contributed by atoms with E-state index in [-0.39, 0.29) is 12.5 Å². The molecule has 3 aromatic rings. The SMILES string of the molecule is C=CCOc1ccc(/C=N/NC(=O)c2ccccc2OCc2ccccc2Cl)cc1. The Hall–Kier alpha value is -3.57. The van der Waals surface area contributed by atoms with Gasteiger partial charge in [-0.15, -0.1) is 0 Å². The minimum atomic E-state index is -0.369. The van der Waals surface area contributed by atoms with E-state index in [0.29, 0.717) is 22.9 Å². The third kappa shape index (κ3) is 5.96. The molecular weight excluding hydrogens is 400 g/mol. The van der Waals surface area contributed by atoms with Gasteiger partial charge >= 0.3 is 0 Å². The average molecular weight is 421 g/mol. The Labute approximate surface area is 180 Å². The predicted molar refractivity (Wildman–Crippen MR) is 119 cm³/mol. The van der Waals surface area contributed by atoms with E-state index in [0.717, 1.165) is 16.9 Å². The van der Waals surface area contributed by atoms with Crippen molar-refractivity contribution in [2.45, 2.75) is 6.61 Å². The highest BCUT2D eigenvalue weighted by Gasteiger charge is 2.12. The Morgan fingerprint density at radius 3 is 2.50 bits per heavy atom. The second-order valence-corrected chi connectivity index (χ2v) is 6.65. The zero-order chi connectivity index (χ0) is 21.2. The molecule has 0 fully saturated rings. The van der Waals surface area contributed by atoms with E-state index in [2.05, 4.69) is 17.1 Å². The minimum absolute atomic E-state index is 0.257. The topological polar surface area (TPSA) is 59.9 Å². The summed E-state index contributed by atoms with van der Waals surface area (Å²) >= 11 is 6.16. The molecule has 5 nitrogen and oxygen atoms in total. The summed E-state index contributed by atoms with van der Waals surface area (Å²) in [5, 5.41) is 4.64. The molecule has 6 heteroatoms. The minimum Gasteiger partial charge on any atom is -0.490 e. The van der Waals surface area contributed by atoms with E-state index in [4.69, 9.17) is 21.1 Å². The van der Waals surface area contributed by atoms with Crippen molar-refractivity contribution >= 4 is 23.7 Å². The number of nitrogens with zero attached hydrogens (tertiary/aromatic N) is 1. The smallest absolute Gasteiger partial charge is 0.275 e. The number of hydrogen-bond acceptors (Lipinski definition) is 4. The number of nitrogens with one attached hydrogen (secondary N) is 1. The van der Waals surface area contributed by atoms with Gasteiger partial charge < -0.3 is 9.47 Å². The fourth-order valence-corrected chi connectivity index (χ4v) is 2.77. The molecule has 0 aliphatic carbocycles. The summed E-state index contributed by atoms with van der Waals surface area (Å²) in [5.74, 6) is 0.821. The molecule has 0 heterocycles. The number of carbonyl (C=O) groups is 1. The summed E-state index contributed by atoms with van der Waals surface area (Å²) in [6, 6.07) is 21.7. The maximum Gasteiger partial charge on any atom is 0.275 e. The van der Waals surface area contributed by atoms with Crippen LogP contribution in [0.4, 0.5) is 0 Å². The summed E-state index contributed by atoms with van der Waals surface area (Å²) < 4.78 is 11.2. The van der Waals surface area contributed by atoms with Crippen LogP contribution in [-0.4, -0.2) is 18.7 Å². The normalized spacial score (nSPS) is 10.6. The molecule has 0 aromatic heterocycles. The fourth-order valence-electron chi connectivity index (χ4n) is 2.58. The van der Waals surface area contributed by atoms with Crippen LogP contribution in [0.15, 0.2) is 90.6 Å². The van der Waals surface area contributed by atoms with E-state index >= 15 is 0 Å². The van der Waals surface area contributed by atoms with E-state index in [1.165, 1.54) is 0 Å². The van der Waals surface area contributed by atoms with Crippen molar-refractivity contribution in [3.05, 3.63) is 107 Å². The van der Waals surface area contributed by atoms with Gasteiger partial charge in [-0.25, -0.2) is 5.43 Å². The lowest BCUT2D eigenvalue weighted by atomic mass is 10.2. The molecule has 1 amide bonds. The van der Waals surface area contributed by atoms with Gasteiger partial charge in [-0.05, 0) is 48.0 Å². The van der Waals surface area contributed by atoms with Gasteiger partial charge in [0, 0.05) is 10.6 Å². The molecule has 0 aliphatic heterocycles. The van der Waals surface area contributed by atoms with Crippen molar-refractivity contribution in [2.24, 2.45) is 5.10 Å². The van der Waals surface area contributed by atoms with E-state index in [9.17, 15) is 4.79 Å². The van der Waals surface area contributed by atoms with Crippen LogP contribution in [0, 0.1) is 0 Å². The summed E-state index contributed by atoms with van der Waals surface area (Å²) in [7, 11) is 0. The number of carbonyl (C=O) groups excluding carboxylic acids is 1. The van der Waals surface area contributed by atoms with Crippen LogP contribution in [0.3, 0.4) is 0 Å². The fraction of sp³-hybridized carbons (Fsp3) is 0.0833. The molecule has 0 unspecified atom stereocenters. The Morgan fingerprint density at radius 2 is 1.73 bits per heavy atom. The maximum atomic E-state index is 12.5. The third-order valence-electron chi connectivity index (χ3n) is 4.10. The molecule has 0 saturated carbocycles. The van der Waals surface area contributed by atoms with E-state index < -0.39 is 0 Å². The van der Waals surface area contributed by atoms with Crippen LogP contribution < -0.4 is 14.9 Å². The highest BCUT2D eigenvalue weighted by atomic mass is 35.5. The molecule has 0 spiro atoms. The monoisotopic (exact) mass is 420 g/mol. The Kier molecular flexibility index (Phi) is 7.64. The van der Waals surface area contributed by atoms with Gasteiger partial charge in [-0.2, -0.15) is 5.10 Å². The van der Waals surface area contributed by atoms with Crippen molar-refractivity contribution < 1.29 is 14.3 Å². The van der Waals surface area contributed by atoms with Crippen LogP contribution in [0.2, 0.25) is 5.02 Å². The lowest BCUT2D eigenvalue weighted by molar-refractivity contribution is 0.0950. The number of ether oxygens (including phenoxy) is 2. The Balaban J connectivity index is 1.61. The van der Waals surface area contributed by atoms with Crippen LogP contribution in [0.5, 0.6) is 11.5 Å². The zero-order valence-electron chi connectivity index (χ0n) is 16.3. The van der Waals surface area contributed by atoms with Gasteiger partial charge in [-0.3, -0.25) is 4.79 Å². The van der Waals surface area contributed by atoms with Crippen LogP contribution >= 0.6 is 11.6 Å².